The maximum Gasteiger partial charge on any atom is 0.250 e. The molecule has 3 aromatic rings. The van der Waals surface area contributed by atoms with E-state index in [9.17, 15) is 4.79 Å². The number of carbonyl (C=O) groups is 1. The largest absolute Gasteiger partial charge is 0.494 e. The fourth-order valence-corrected chi connectivity index (χ4v) is 3.76. The molecule has 0 fully saturated rings. The summed E-state index contributed by atoms with van der Waals surface area (Å²) in [7, 11) is 0. The average Bonchev–Trinajstić information content (AvgIpc) is 3.21. The van der Waals surface area contributed by atoms with E-state index >= 15 is 0 Å². The third kappa shape index (κ3) is 6.18. The van der Waals surface area contributed by atoms with Crippen molar-refractivity contribution in [2.75, 3.05) is 18.5 Å². The normalized spacial score (nSPS) is 10.9. The fraction of sp³-hybridized carbons (Fsp3) is 0.217. The first-order valence-corrected chi connectivity index (χ1v) is 11.4. The minimum absolute atomic E-state index is 0.248. The lowest BCUT2D eigenvalue weighted by Crippen LogP contribution is -2.07. The van der Waals surface area contributed by atoms with Crippen LogP contribution >= 0.6 is 27.3 Å². The van der Waals surface area contributed by atoms with Crippen molar-refractivity contribution in [2.45, 2.75) is 20.3 Å². The smallest absolute Gasteiger partial charge is 0.250 e. The number of anilines is 1. The van der Waals surface area contributed by atoms with Crippen LogP contribution in [-0.2, 0) is 4.79 Å². The van der Waals surface area contributed by atoms with Crippen LogP contribution in [0, 0.1) is 0 Å². The first-order valence-electron chi connectivity index (χ1n) is 9.69. The highest BCUT2D eigenvalue weighted by Crippen LogP contribution is 2.27. The Hall–Kier alpha value is -2.64. The molecule has 2 aromatic carbocycles. The number of rotatable bonds is 9. The van der Waals surface area contributed by atoms with Gasteiger partial charge in [0.2, 0.25) is 5.91 Å². The number of amides is 1. The second-order valence-corrected chi connectivity index (χ2v) is 8.12. The Bertz CT molecular complexity index is 1020. The number of thiazole rings is 1. The van der Waals surface area contributed by atoms with Crippen LogP contribution in [-0.4, -0.2) is 24.1 Å². The van der Waals surface area contributed by atoms with Crippen LogP contribution in [0.15, 0.2) is 58.4 Å². The molecular weight excluding hydrogens is 464 g/mol. The SMILES string of the molecule is CCCOc1ccc(-c2csc(NC(=O)/C=C/c3cc(Br)ccc3OCC)n2)cc1. The number of hydrogen-bond donors (Lipinski definition) is 1. The van der Waals surface area contributed by atoms with Gasteiger partial charge in [0.1, 0.15) is 11.5 Å². The standard InChI is InChI=1S/C23H23BrN2O3S/c1-3-13-29-19-9-5-16(6-10-19)20-15-30-23(25-20)26-22(27)12-7-17-14-18(24)8-11-21(17)28-4-2/h5-12,14-15H,3-4,13H2,1-2H3,(H,25,26,27)/b12-7+. The predicted octanol–water partition coefficient (Wildman–Crippen LogP) is 6.41. The van der Waals surface area contributed by atoms with E-state index in [2.05, 4.69) is 33.2 Å². The molecule has 0 saturated carbocycles. The molecule has 0 bridgehead atoms. The summed E-state index contributed by atoms with van der Waals surface area (Å²) in [6.07, 6.45) is 4.18. The van der Waals surface area contributed by atoms with Crippen LogP contribution in [0.25, 0.3) is 17.3 Å². The second kappa shape index (κ2) is 10.9. The highest BCUT2D eigenvalue weighted by Gasteiger charge is 2.08. The second-order valence-electron chi connectivity index (χ2n) is 6.35. The van der Waals surface area contributed by atoms with Crippen molar-refractivity contribution in [3.05, 3.63) is 64.0 Å². The first-order chi connectivity index (χ1) is 14.6. The van der Waals surface area contributed by atoms with E-state index in [-0.39, 0.29) is 5.91 Å². The summed E-state index contributed by atoms with van der Waals surface area (Å²) < 4.78 is 12.1. The lowest BCUT2D eigenvalue weighted by atomic mass is 10.2. The van der Waals surface area contributed by atoms with Gasteiger partial charge < -0.3 is 9.47 Å². The zero-order chi connectivity index (χ0) is 21.3. The Morgan fingerprint density at radius 3 is 2.70 bits per heavy atom. The number of benzene rings is 2. The zero-order valence-corrected chi connectivity index (χ0v) is 19.3. The Balaban J connectivity index is 1.64. The van der Waals surface area contributed by atoms with Crippen molar-refractivity contribution < 1.29 is 14.3 Å². The average molecular weight is 487 g/mol. The topological polar surface area (TPSA) is 60.5 Å². The van der Waals surface area contributed by atoms with E-state index in [4.69, 9.17) is 9.47 Å². The van der Waals surface area contributed by atoms with Gasteiger partial charge in [-0.3, -0.25) is 10.1 Å². The first kappa shape index (κ1) is 22.1. The van der Waals surface area contributed by atoms with Crippen LogP contribution in [0.4, 0.5) is 5.13 Å². The summed E-state index contributed by atoms with van der Waals surface area (Å²) in [4.78, 5) is 16.8. The number of halogens is 1. The summed E-state index contributed by atoms with van der Waals surface area (Å²) in [6.45, 7) is 5.26. The zero-order valence-electron chi connectivity index (χ0n) is 16.9. The molecule has 0 aliphatic rings. The molecule has 1 N–H and O–H groups in total. The van der Waals surface area contributed by atoms with E-state index < -0.39 is 0 Å². The molecule has 0 unspecified atom stereocenters. The molecule has 0 aliphatic carbocycles. The minimum atomic E-state index is -0.248. The molecule has 1 heterocycles. The number of aromatic nitrogens is 1. The fourth-order valence-electron chi connectivity index (χ4n) is 2.65. The van der Waals surface area contributed by atoms with Gasteiger partial charge in [0.25, 0.3) is 0 Å². The highest BCUT2D eigenvalue weighted by molar-refractivity contribution is 9.10. The Kier molecular flexibility index (Phi) is 8.04. The highest BCUT2D eigenvalue weighted by atomic mass is 79.9. The van der Waals surface area contributed by atoms with Gasteiger partial charge in [0.05, 0.1) is 18.9 Å². The molecule has 30 heavy (non-hydrogen) atoms. The van der Waals surface area contributed by atoms with Crippen molar-refractivity contribution in [3.8, 4) is 22.8 Å². The van der Waals surface area contributed by atoms with Crippen LogP contribution in [0.2, 0.25) is 0 Å². The quantitative estimate of drug-likeness (QED) is 0.354. The number of ether oxygens (including phenoxy) is 2. The van der Waals surface area contributed by atoms with Gasteiger partial charge in [-0.05, 0) is 61.9 Å². The third-order valence-corrected chi connectivity index (χ3v) is 5.29. The molecule has 0 spiro atoms. The Morgan fingerprint density at radius 1 is 1.17 bits per heavy atom. The van der Waals surface area contributed by atoms with Gasteiger partial charge >= 0.3 is 0 Å². The van der Waals surface area contributed by atoms with Crippen LogP contribution < -0.4 is 14.8 Å². The maximum absolute atomic E-state index is 12.3. The van der Waals surface area contributed by atoms with Gasteiger partial charge in [-0.15, -0.1) is 11.3 Å². The molecule has 0 aliphatic heterocycles. The van der Waals surface area contributed by atoms with Gasteiger partial charge in [-0.1, -0.05) is 22.9 Å². The van der Waals surface area contributed by atoms with Crippen molar-refractivity contribution >= 4 is 44.4 Å². The summed E-state index contributed by atoms with van der Waals surface area (Å²) >= 11 is 4.83. The lowest BCUT2D eigenvalue weighted by Gasteiger charge is -2.07. The maximum atomic E-state index is 12.3. The molecule has 0 saturated heterocycles. The molecular formula is C23H23BrN2O3S. The van der Waals surface area contributed by atoms with E-state index in [0.29, 0.717) is 18.3 Å². The molecule has 0 radical (unpaired) electrons. The minimum Gasteiger partial charge on any atom is -0.494 e. The summed E-state index contributed by atoms with van der Waals surface area (Å²) in [5.74, 6) is 1.32. The van der Waals surface area contributed by atoms with Crippen molar-refractivity contribution in [3.63, 3.8) is 0 Å². The van der Waals surface area contributed by atoms with E-state index in [1.807, 2.05) is 54.8 Å². The van der Waals surface area contributed by atoms with Crippen molar-refractivity contribution in [1.29, 1.82) is 0 Å². The lowest BCUT2D eigenvalue weighted by molar-refractivity contribution is -0.111. The van der Waals surface area contributed by atoms with Gasteiger partial charge in [0.15, 0.2) is 5.13 Å². The molecule has 1 amide bonds. The van der Waals surface area contributed by atoms with E-state index in [1.54, 1.807) is 6.08 Å². The van der Waals surface area contributed by atoms with Crippen molar-refractivity contribution in [2.24, 2.45) is 0 Å². The number of nitrogens with one attached hydrogen (secondary N) is 1. The summed E-state index contributed by atoms with van der Waals surface area (Å²) in [6, 6.07) is 13.5. The molecule has 3 rings (SSSR count). The van der Waals surface area contributed by atoms with Gasteiger partial charge in [-0.25, -0.2) is 4.98 Å². The molecule has 1 aromatic heterocycles. The van der Waals surface area contributed by atoms with E-state index in [1.165, 1.54) is 17.4 Å². The molecule has 5 nitrogen and oxygen atoms in total. The third-order valence-electron chi connectivity index (χ3n) is 4.04. The number of hydrogen-bond acceptors (Lipinski definition) is 5. The Labute approximate surface area is 188 Å². The monoisotopic (exact) mass is 486 g/mol. The van der Waals surface area contributed by atoms with Crippen LogP contribution in [0.1, 0.15) is 25.8 Å². The van der Waals surface area contributed by atoms with Gasteiger partial charge in [-0.2, -0.15) is 0 Å². The molecule has 0 atom stereocenters. The van der Waals surface area contributed by atoms with E-state index in [0.717, 1.165) is 39.2 Å². The van der Waals surface area contributed by atoms with Gasteiger partial charge in [0, 0.05) is 27.1 Å². The van der Waals surface area contributed by atoms with Crippen LogP contribution in [0.3, 0.4) is 0 Å². The number of carbonyl (C=O) groups excluding carboxylic acids is 1. The van der Waals surface area contributed by atoms with Crippen LogP contribution in [0.5, 0.6) is 11.5 Å². The molecule has 156 valence electrons. The number of nitrogens with zero attached hydrogens (tertiary/aromatic N) is 1. The van der Waals surface area contributed by atoms with Crippen molar-refractivity contribution in [1.82, 2.24) is 4.98 Å². The molecule has 7 heteroatoms. The summed E-state index contributed by atoms with van der Waals surface area (Å²) in [5.41, 5.74) is 2.61. The summed E-state index contributed by atoms with van der Waals surface area (Å²) in [5, 5.41) is 5.28. The predicted molar refractivity (Wildman–Crippen MR) is 126 cm³/mol. The Morgan fingerprint density at radius 2 is 1.97 bits per heavy atom.